The summed E-state index contributed by atoms with van der Waals surface area (Å²) in [5, 5.41) is 4.36. The second-order valence-corrected chi connectivity index (χ2v) is 7.43. The zero-order valence-corrected chi connectivity index (χ0v) is 12.0. The van der Waals surface area contributed by atoms with Crippen molar-refractivity contribution in [3.05, 3.63) is 35.1 Å². The van der Waals surface area contributed by atoms with Crippen LogP contribution in [0.2, 0.25) is 0 Å². The number of thioether (sulfide) groups is 2. The van der Waals surface area contributed by atoms with E-state index in [9.17, 15) is 4.39 Å². The second kappa shape index (κ2) is 5.85. The number of benzene rings is 1. The van der Waals surface area contributed by atoms with Crippen molar-refractivity contribution in [3.8, 4) is 0 Å². The molecule has 3 rings (SSSR count). The van der Waals surface area contributed by atoms with Crippen molar-refractivity contribution in [2.24, 2.45) is 0 Å². The lowest BCUT2D eigenvalue weighted by atomic mass is 10.1. The van der Waals surface area contributed by atoms with E-state index in [1.165, 1.54) is 22.8 Å². The summed E-state index contributed by atoms with van der Waals surface area (Å²) in [4.78, 5) is 0. The molecule has 2 unspecified atom stereocenters. The molecule has 2 aliphatic rings. The Morgan fingerprint density at radius 3 is 3.11 bits per heavy atom. The summed E-state index contributed by atoms with van der Waals surface area (Å²) >= 11 is 4.13. The smallest absolute Gasteiger partial charge is 0.126 e. The van der Waals surface area contributed by atoms with Crippen molar-refractivity contribution in [1.29, 1.82) is 0 Å². The van der Waals surface area contributed by atoms with Crippen molar-refractivity contribution >= 4 is 23.5 Å². The molecule has 1 saturated heterocycles. The van der Waals surface area contributed by atoms with E-state index in [0.29, 0.717) is 6.04 Å². The van der Waals surface area contributed by atoms with Crippen LogP contribution in [0.5, 0.6) is 0 Å². The van der Waals surface area contributed by atoms with Gasteiger partial charge in [0.2, 0.25) is 0 Å². The van der Waals surface area contributed by atoms with Gasteiger partial charge >= 0.3 is 0 Å². The van der Waals surface area contributed by atoms with E-state index in [1.807, 2.05) is 6.07 Å². The average Bonchev–Trinajstić information content (AvgIpc) is 2.82. The van der Waals surface area contributed by atoms with Gasteiger partial charge in [-0.25, -0.2) is 4.39 Å². The SMILES string of the molecule is Fc1cccc2c1CCC2NCC1CSCCS1. The monoisotopic (exact) mass is 283 g/mol. The predicted molar refractivity (Wildman–Crippen MR) is 79.0 cm³/mol. The standard InChI is InChI=1S/C14H18FNS2/c15-13-3-1-2-12-11(13)4-5-14(12)16-8-10-9-17-6-7-18-10/h1-3,10,14,16H,4-9H2. The van der Waals surface area contributed by atoms with Crippen molar-refractivity contribution in [1.82, 2.24) is 5.32 Å². The van der Waals surface area contributed by atoms with Crippen LogP contribution < -0.4 is 5.32 Å². The van der Waals surface area contributed by atoms with Crippen LogP contribution in [0.15, 0.2) is 18.2 Å². The van der Waals surface area contributed by atoms with Crippen LogP contribution in [-0.2, 0) is 6.42 Å². The van der Waals surface area contributed by atoms with Gasteiger partial charge in [-0.15, -0.1) is 0 Å². The highest BCUT2D eigenvalue weighted by Crippen LogP contribution is 2.33. The molecule has 98 valence electrons. The molecule has 0 spiro atoms. The molecule has 0 radical (unpaired) electrons. The van der Waals surface area contributed by atoms with Gasteiger partial charge in [0, 0.05) is 35.1 Å². The summed E-state index contributed by atoms with van der Waals surface area (Å²) < 4.78 is 13.6. The van der Waals surface area contributed by atoms with E-state index >= 15 is 0 Å². The number of halogens is 1. The van der Waals surface area contributed by atoms with Crippen LogP contribution in [-0.4, -0.2) is 29.1 Å². The fourth-order valence-electron chi connectivity index (χ4n) is 2.75. The summed E-state index contributed by atoms with van der Waals surface area (Å²) in [5.74, 6) is 3.78. The van der Waals surface area contributed by atoms with Crippen molar-refractivity contribution in [3.63, 3.8) is 0 Å². The Balaban J connectivity index is 1.60. The van der Waals surface area contributed by atoms with Crippen molar-refractivity contribution < 1.29 is 4.39 Å². The van der Waals surface area contributed by atoms with Crippen LogP contribution in [0, 0.1) is 5.82 Å². The number of fused-ring (bicyclic) bond motifs is 1. The van der Waals surface area contributed by atoms with Gasteiger partial charge in [0.05, 0.1) is 0 Å². The lowest BCUT2D eigenvalue weighted by molar-refractivity contribution is 0.534. The van der Waals surface area contributed by atoms with Crippen LogP contribution in [0.3, 0.4) is 0 Å². The fourth-order valence-corrected chi connectivity index (χ4v) is 5.37. The predicted octanol–water partition coefficient (Wildman–Crippen LogP) is 3.25. The van der Waals surface area contributed by atoms with Crippen molar-refractivity contribution in [2.45, 2.75) is 24.1 Å². The summed E-state index contributed by atoms with van der Waals surface area (Å²) in [7, 11) is 0. The minimum absolute atomic E-state index is 0.0283. The zero-order valence-electron chi connectivity index (χ0n) is 10.3. The summed E-state index contributed by atoms with van der Waals surface area (Å²) in [6, 6.07) is 5.85. The van der Waals surface area contributed by atoms with Gasteiger partial charge in [0.15, 0.2) is 0 Å². The molecule has 0 aromatic heterocycles. The summed E-state index contributed by atoms with van der Waals surface area (Å²) in [6.07, 6.45) is 1.92. The molecule has 2 atom stereocenters. The number of hydrogen-bond acceptors (Lipinski definition) is 3. The molecule has 1 aromatic carbocycles. The number of hydrogen-bond donors (Lipinski definition) is 1. The first-order valence-electron chi connectivity index (χ1n) is 6.54. The van der Waals surface area contributed by atoms with Gasteiger partial charge in [-0.2, -0.15) is 23.5 Å². The first-order chi connectivity index (χ1) is 8.84. The Bertz CT molecular complexity index is 418. The Morgan fingerprint density at radius 1 is 1.33 bits per heavy atom. The molecule has 1 aliphatic heterocycles. The molecular weight excluding hydrogens is 265 g/mol. The molecule has 0 bridgehead atoms. The van der Waals surface area contributed by atoms with Gasteiger partial charge in [-0.1, -0.05) is 12.1 Å². The van der Waals surface area contributed by atoms with Crippen LogP contribution in [0.25, 0.3) is 0 Å². The second-order valence-electron chi connectivity index (χ2n) is 4.87. The van der Waals surface area contributed by atoms with E-state index in [1.54, 1.807) is 6.07 Å². The molecule has 1 N–H and O–H groups in total. The molecule has 1 heterocycles. The molecule has 18 heavy (non-hydrogen) atoms. The Kier molecular flexibility index (Phi) is 4.16. The van der Waals surface area contributed by atoms with Gasteiger partial charge in [0.1, 0.15) is 5.82 Å². The molecule has 1 aromatic rings. The lowest BCUT2D eigenvalue weighted by Crippen LogP contribution is -2.31. The maximum atomic E-state index is 13.6. The topological polar surface area (TPSA) is 12.0 Å². The van der Waals surface area contributed by atoms with E-state index in [-0.39, 0.29) is 5.82 Å². The first-order valence-corrected chi connectivity index (χ1v) is 8.75. The van der Waals surface area contributed by atoms with Crippen LogP contribution in [0.4, 0.5) is 4.39 Å². The van der Waals surface area contributed by atoms with E-state index < -0.39 is 0 Å². The molecule has 1 aliphatic carbocycles. The van der Waals surface area contributed by atoms with Crippen LogP contribution >= 0.6 is 23.5 Å². The van der Waals surface area contributed by atoms with E-state index in [4.69, 9.17) is 0 Å². The van der Waals surface area contributed by atoms with E-state index in [0.717, 1.165) is 30.2 Å². The van der Waals surface area contributed by atoms with E-state index in [2.05, 4.69) is 34.9 Å². The molecule has 0 saturated carbocycles. The fraction of sp³-hybridized carbons (Fsp3) is 0.571. The van der Waals surface area contributed by atoms with Gasteiger partial charge in [-0.3, -0.25) is 0 Å². The highest BCUT2D eigenvalue weighted by atomic mass is 32.2. The molecular formula is C14H18FNS2. The van der Waals surface area contributed by atoms with Gasteiger partial charge < -0.3 is 5.32 Å². The molecule has 1 fully saturated rings. The lowest BCUT2D eigenvalue weighted by Gasteiger charge is -2.23. The zero-order chi connectivity index (χ0) is 12.4. The number of rotatable bonds is 3. The summed E-state index contributed by atoms with van der Waals surface area (Å²) in [6.45, 7) is 1.05. The largest absolute Gasteiger partial charge is 0.309 e. The third kappa shape index (κ3) is 2.70. The first kappa shape index (κ1) is 12.8. The van der Waals surface area contributed by atoms with Crippen molar-refractivity contribution in [2.75, 3.05) is 23.8 Å². The molecule has 0 amide bonds. The minimum Gasteiger partial charge on any atom is -0.309 e. The van der Waals surface area contributed by atoms with Gasteiger partial charge in [-0.05, 0) is 30.0 Å². The average molecular weight is 283 g/mol. The summed E-state index contributed by atoms with van der Waals surface area (Å²) in [5.41, 5.74) is 2.11. The quantitative estimate of drug-likeness (QED) is 0.914. The third-order valence-corrected chi connectivity index (χ3v) is 6.54. The van der Waals surface area contributed by atoms with Crippen LogP contribution in [0.1, 0.15) is 23.6 Å². The maximum Gasteiger partial charge on any atom is 0.126 e. The minimum atomic E-state index is -0.0283. The van der Waals surface area contributed by atoms with Gasteiger partial charge in [0.25, 0.3) is 0 Å². The Labute approximate surface area is 116 Å². The third-order valence-electron chi connectivity index (χ3n) is 3.69. The maximum absolute atomic E-state index is 13.6. The highest BCUT2D eigenvalue weighted by Gasteiger charge is 2.25. The highest BCUT2D eigenvalue weighted by molar-refractivity contribution is 8.06. The Morgan fingerprint density at radius 2 is 2.28 bits per heavy atom. The number of nitrogens with one attached hydrogen (secondary N) is 1. The molecule has 4 heteroatoms. The normalized spacial score (nSPS) is 27.2. The Hall–Kier alpha value is -0.190. The molecule has 1 nitrogen and oxygen atoms in total.